The van der Waals surface area contributed by atoms with E-state index in [0.29, 0.717) is 12.3 Å². The van der Waals surface area contributed by atoms with E-state index < -0.39 is 23.2 Å². The van der Waals surface area contributed by atoms with E-state index in [2.05, 4.69) is 10.3 Å². The zero-order chi connectivity index (χ0) is 18.6. The Kier molecular flexibility index (Phi) is 3.80. The van der Waals surface area contributed by atoms with Gasteiger partial charge in [-0.05, 0) is 26.0 Å². The highest BCUT2D eigenvalue weighted by Gasteiger charge is 2.38. The lowest BCUT2D eigenvalue weighted by molar-refractivity contribution is -0.146. The average molecular weight is 369 g/mol. The highest BCUT2D eigenvalue weighted by molar-refractivity contribution is 6.01. The lowest BCUT2D eigenvalue weighted by atomic mass is 10.0. The molecule has 1 aromatic carbocycles. The van der Waals surface area contributed by atoms with Gasteiger partial charge < -0.3 is 14.3 Å². The zero-order valence-corrected chi connectivity index (χ0v) is 13.8. The highest BCUT2D eigenvalue weighted by atomic mass is 19.4. The van der Waals surface area contributed by atoms with Crippen molar-refractivity contribution in [2.45, 2.75) is 32.0 Å². The number of hydrogen-bond acceptors (Lipinski definition) is 4. The number of hydrogen-bond donors (Lipinski definition) is 1. The number of aromatic nitrogens is 2. The van der Waals surface area contributed by atoms with Gasteiger partial charge >= 0.3 is 6.18 Å². The van der Waals surface area contributed by atoms with Crippen molar-refractivity contribution < 1.29 is 22.0 Å². The lowest BCUT2D eigenvalue weighted by Gasteiger charge is -2.10. The first-order chi connectivity index (χ1) is 12.3. The standard InChI is InChI=1S/C17H15F4N3O2/c1-2-24-14-10(18)5-9-11(25)6-12(8-3-4-22-7-8)26-15(9)13(14)23-16(24)17(19,20)21/h5-6,8,22H,2-4,7H2,1H3. The summed E-state index contributed by atoms with van der Waals surface area (Å²) in [5.41, 5.74) is -1.18. The Balaban J connectivity index is 2.10. The minimum Gasteiger partial charge on any atom is -0.458 e. The van der Waals surface area contributed by atoms with Crippen LogP contribution in [0.25, 0.3) is 22.0 Å². The minimum absolute atomic E-state index is 0.0532. The molecule has 2 aromatic heterocycles. The second-order valence-corrected chi connectivity index (χ2v) is 6.31. The van der Waals surface area contributed by atoms with Gasteiger partial charge in [-0.15, -0.1) is 0 Å². The maximum atomic E-state index is 14.5. The Hall–Kier alpha value is -2.42. The number of nitrogens with one attached hydrogen (secondary N) is 1. The van der Waals surface area contributed by atoms with Crippen LogP contribution >= 0.6 is 0 Å². The first kappa shape index (κ1) is 17.0. The maximum Gasteiger partial charge on any atom is 0.449 e. The van der Waals surface area contributed by atoms with Gasteiger partial charge in [-0.3, -0.25) is 4.79 Å². The minimum atomic E-state index is -4.75. The molecule has 0 aliphatic carbocycles. The van der Waals surface area contributed by atoms with Crippen molar-refractivity contribution in [3.63, 3.8) is 0 Å². The molecule has 1 unspecified atom stereocenters. The van der Waals surface area contributed by atoms with Gasteiger partial charge in [0.2, 0.25) is 5.82 Å². The van der Waals surface area contributed by atoms with E-state index in [0.717, 1.165) is 23.6 Å². The van der Waals surface area contributed by atoms with Gasteiger partial charge in [-0.25, -0.2) is 9.37 Å². The predicted octanol–water partition coefficient (Wildman–Crippen LogP) is 3.40. The first-order valence-corrected chi connectivity index (χ1v) is 8.25. The molecule has 138 valence electrons. The second kappa shape index (κ2) is 5.80. The molecule has 3 heterocycles. The third-order valence-corrected chi connectivity index (χ3v) is 4.72. The van der Waals surface area contributed by atoms with Crippen molar-refractivity contribution in [2.24, 2.45) is 0 Å². The molecule has 1 fully saturated rings. The fraction of sp³-hybridized carbons (Fsp3) is 0.412. The van der Waals surface area contributed by atoms with Crippen LogP contribution in [0.3, 0.4) is 0 Å². The van der Waals surface area contributed by atoms with E-state index in [1.54, 1.807) is 0 Å². The molecule has 0 spiro atoms. The summed E-state index contributed by atoms with van der Waals surface area (Å²) in [6, 6.07) is 2.21. The molecule has 3 aromatic rings. The molecular formula is C17H15F4N3O2. The average Bonchev–Trinajstić information content (AvgIpc) is 3.23. The van der Waals surface area contributed by atoms with Crippen LogP contribution in [0.15, 0.2) is 21.3 Å². The molecule has 1 saturated heterocycles. The summed E-state index contributed by atoms with van der Waals surface area (Å²) in [6.45, 7) is 2.71. The maximum absolute atomic E-state index is 14.5. The van der Waals surface area contributed by atoms with Crippen LogP contribution in [0, 0.1) is 5.82 Å². The topological polar surface area (TPSA) is 60.1 Å². The third kappa shape index (κ3) is 2.49. The largest absolute Gasteiger partial charge is 0.458 e. The van der Waals surface area contributed by atoms with E-state index in [-0.39, 0.29) is 34.5 Å². The van der Waals surface area contributed by atoms with Gasteiger partial charge in [0, 0.05) is 25.1 Å². The lowest BCUT2D eigenvalue weighted by Crippen LogP contribution is -2.14. The molecule has 0 amide bonds. The Morgan fingerprint density at radius 1 is 1.38 bits per heavy atom. The van der Waals surface area contributed by atoms with Crippen molar-refractivity contribution in [3.8, 4) is 0 Å². The van der Waals surface area contributed by atoms with Gasteiger partial charge in [-0.1, -0.05) is 0 Å². The van der Waals surface area contributed by atoms with Crippen LogP contribution in [0.5, 0.6) is 0 Å². The molecule has 26 heavy (non-hydrogen) atoms. The van der Waals surface area contributed by atoms with Crippen LogP contribution in [0.2, 0.25) is 0 Å². The molecule has 5 nitrogen and oxygen atoms in total. The SMILES string of the molecule is CCn1c(C(F)(F)F)nc2c3oc(C4CCNC4)cc(=O)c3cc(F)c21. The van der Waals surface area contributed by atoms with Crippen LogP contribution < -0.4 is 10.7 Å². The molecular weight excluding hydrogens is 354 g/mol. The predicted molar refractivity (Wildman–Crippen MR) is 86.6 cm³/mol. The number of rotatable bonds is 2. The summed E-state index contributed by atoms with van der Waals surface area (Å²) in [5.74, 6) is -1.82. The van der Waals surface area contributed by atoms with Crippen molar-refractivity contribution >= 4 is 22.0 Å². The number of benzene rings is 1. The summed E-state index contributed by atoms with van der Waals surface area (Å²) in [6.07, 6.45) is -4.00. The quantitative estimate of drug-likeness (QED) is 0.704. The fourth-order valence-corrected chi connectivity index (χ4v) is 3.51. The van der Waals surface area contributed by atoms with Crippen LogP contribution in [-0.4, -0.2) is 22.6 Å². The van der Waals surface area contributed by atoms with Gasteiger partial charge in [-0.2, -0.15) is 13.2 Å². The molecule has 0 bridgehead atoms. The number of fused-ring (bicyclic) bond motifs is 3. The van der Waals surface area contributed by atoms with Crippen molar-refractivity contribution in [1.82, 2.24) is 14.9 Å². The molecule has 4 rings (SSSR count). The van der Waals surface area contributed by atoms with Gasteiger partial charge in [0.05, 0.1) is 5.39 Å². The fourth-order valence-electron chi connectivity index (χ4n) is 3.51. The normalized spacial score (nSPS) is 18.3. The van der Waals surface area contributed by atoms with E-state index in [1.807, 2.05) is 0 Å². The van der Waals surface area contributed by atoms with E-state index in [9.17, 15) is 22.4 Å². The van der Waals surface area contributed by atoms with Crippen molar-refractivity contribution in [3.05, 3.63) is 39.8 Å². The van der Waals surface area contributed by atoms with E-state index >= 15 is 0 Å². The smallest absolute Gasteiger partial charge is 0.449 e. The summed E-state index contributed by atoms with van der Waals surface area (Å²) < 4.78 is 61.0. The van der Waals surface area contributed by atoms with E-state index in [4.69, 9.17) is 4.42 Å². The number of alkyl halides is 3. The Bertz CT molecular complexity index is 1060. The molecule has 1 N–H and O–H groups in total. The third-order valence-electron chi connectivity index (χ3n) is 4.72. The Morgan fingerprint density at radius 3 is 2.77 bits per heavy atom. The van der Waals surface area contributed by atoms with Crippen molar-refractivity contribution in [1.29, 1.82) is 0 Å². The van der Waals surface area contributed by atoms with Crippen molar-refractivity contribution in [2.75, 3.05) is 13.1 Å². The molecule has 0 radical (unpaired) electrons. The highest BCUT2D eigenvalue weighted by Crippen LogP contribution is 2.35. The number of imidazole rings is 1. The molecule has 1 aliphatic heterocycles. The summed E-state index contributed by atoms with van der Waals surface area (Å²) in [4.78, 5) is 16.0. The van der Waals surface area contributed by atoms with Gasteiger partial charge in [0.25, 0.3) is 0 Å². The number of aryl methyl sites for hydroxylation is 1. The molecule has 0 saturated carbocycles. The van der Waals surface area contributed by atoms with Crippen LogP contribution in [-0.2, 0) is 12.7 Å². The first-order valence-electron chi connectivity index (χ1n) is 8.25. The zero-order valence-electron chi connectivity index (χ0n) is 13.8. The molecule has 1 atom stereocenters. The Labute approximate surface area is 144 Å². The summed E-state index contributed by atoms with van der Waals surface area (Å²) in [7, 11) is 0. The second-order valence-electron chi connectivity index (χ2n) is 6.31. The summed E-state index contributed by atoms with van der Waals surface area (Å²) in [5, 5.41) is 3.02. The number of nitrogens with zero attached hydrogens (tertiary/aromatic N) is 2. The Morgan fingerprint density at radius 2 is 2.15 bits per heavy atom. The molecule has 1 aliphatic rings. The summed E-state index contributed by atoms with van der Waals surface area (Å²) >= 11 is 0. The van der Waals surface area contributed by atoms with Gasteiger partial charge in [0.1, 0.15) is 22.6 Å². The monoisotopic (exact) mass is 369 g/mol. The van der Waals surface area contributed by atoms with Gasteiger partial charge in [0.15, 0.2) is 11.0 Å². The van der Waals surface area contributed by atoms with E-state index in [1.165, 1.54) is 13.0 Å². The van der Waals surface area contributed by atoms with Crippen LogP contribution in [0.1, 0.15) is 30.8 Å². The van der Waals surface area contributed by atoms with Crippen LogP contribution in [0.4, 0.5) is 17.6 Å². The number of halogens is 4. The molecule has 9 heteroatoms.